The number of methoxy groups -OCH3 is 1. The van der Waals surface area contributed by atoms with E-state index in [0.717, 1.165) is 0 Å². The van der Waals surface area contributed by atoms with Gasteiger partial charge in [-0.25, -0.2) is 4.98 Å². The highest BCUT2D eigenvalue weighted by Gasteiger charge is 2.40. The van der Waals surface area contributed by atoms with E-state index >= 15 is 0 Å². The van der Waals surface area contributed by atoms with Crippen molar-refractivity contribution >= 4 is 5.97 Å². The standard InChI is InChI=1S/C12H14N2O3/c1-3-6-12(8-13,11(15)16)9-4-5-10(17-2)14-7-9/h4-5,7H,3,6H2,1-2H3,(H,15,16). The number of carboxylic acid groups (broad SMARTS) is 1. The third kappa shape index (κ3) is 2.36. The van der Waals surface area contributed by atoms with Gasteiger partial charge in [-0.15, -0.1) is 0 Å². The average Bonchev–Trinajstić information content (AvgIpc) is 2.36. The van der Waals surface area contributed by atoms with E-state index in [-0.39, 0.29) is 6.42 Å². The highest BCUT2D eigenvalue weighted by molar-refractivity contribution is 5.85. The molecule has 0 radical (unpaired) electrons. The Morgan fingerprint density at radius 2 is 2.35 bits per heavy atom. The zero-order valence-electron chi connectivity index (χ0n) is 9.80. The van der Waals surface area contributed by atoms with Crippen LogP contribution in [0.15, 0.2) is 18.3 Å². The molecule has 0 aliphatic carbocycles. The van der Waals surface area contributed by atoms with E-state index in [1.807, 2.05) is 13.0 Å². The van der Waals surface area contributed by atoms with Crippen LogP contribution in [0, 0.1) is 11.3 Å². The topological polar surface area (TPSA) is 83.2 Å². The number of ether oxygens (including phenoxy) is 1. The largest absolute Gasteiger partial charge is 0.481 e. The van der Waals surface area contributed by atoms with Gasteiger partial charge in [0.1, 0.15) is 0 Å². The van der Waals surface area contributed by atoms with E-state index in [0.29, 0.717) is 17.9 Å². The molecule has 17 heavy (non-hydrogen) atoms. The van der Waals surface area contributed by atoms with E-state index < -0.39 is 11.4 Å². The van der Waals surface area contributed by atoms with Gasteiger partial charge < -0.3 is 9.84 Å². The molecular weight excluding hydrogens is 220 g/mol. The van der Waals surface area contributed by atoms with Crippen molar-refractivity contribution in [1.82, 2.24) is 4.98 Å². The number of carboxylic acids is 1. The number of nitriles is 1. The van der Waals surface area contributed by atoms with Crippen LogP contribution in [-0.2, 0) is 10.2 Å². The molecule has 0 saturated carbocycles. The zero-order valence-corrected chi connectivity index (χ0v) is 9.80. The maximum absolute atomic E-state index is 11.3. The smallest absolute Gasteiger partial charge is 0.328 e. The van der Waals surface area contributed by atoms with Crippen molar-refractivity contribution in [2.24, 2.45) is 0 Å². The fraction of sp³-hybridized carbons (Fsp3) is 0.417. The van der Waals surface area contributed by atoms with Crippen LogP contribution in [-0.4, -0.2) is 23.2 Å². The predicted octanol–water partition coefficient (Wildman–Crippen LogP) is 1.74. The van der Waals surface area contributed by atoms with Crippen molar-refractivity contribution in [2.45, 2.75) is 25.2 Å². The zero-order chi connectivity index (χ0) is 12.9. The quantitative estimate of drug-likeness (QED) is 0.838. The summed E-state index contributed by atoms with van der Waals surface area (Å²) in [5.74, 6) is -0.753. The van der Waals surface area contributed by atoms with Crippen LogP contribution in [0.5, 0.6) is 5.88 Å². The summed E-state index contributed by atoms with van der Waals surface area (Å²) in [5, 5.41) is 18.4. The van der Waals surface area contributed by atoms with Gasteiger partial charge in [-0.05, 0) is 12.5 Å². The summed E-state index contributed by atoms with van der Waals surface area (Å²) in [5.41, 5.74) is -1.14. The second kappa shape index (κ2) is 5.30. The van der Waals surface area contributed by atoms with Gasteiger partial charge in [0, 0.05) is 17.8 Å². The minimum Gasteiger partial charge on any atom is -0.481 e. The molecule has 5 heteroatoms. The molecule has 1 rings (SSSR count). The van der Waals surface area contributed by atoms with Gasteiger partial charge in [0.25, 0.3) is 0 Å². The minimum atomic E-state index is -1.52. The number of hydrogen-bond acceptors (Lipinski definition) is 4. The third-order valence-electron chi connectivity index (χ3n) is 2.62. The first-order valence-electron chi connectivity index (χ1n) is 5.26. The summed E-state index contributed by atoms with van der Waals surface area (Å²) >= 11 is 0. The van der Waals surface area contributed by atoms with Crippen molar-refractivity contribution in [3.05, 3.63) is 23.9 Å². The van der Waals surface area contributed by atoms with Crippen molar-refractivity contribution in [3.8, 4) is 11.9 Å². The highest BCUT2D eigenvalue weighted by Crippen LogP contribution is 2.29. The average molecular weight is 234 g/mol. The first kappa shape index (κ1) is 13.0. The lowest BCUT2D eigenvalue weighted by Gasteiger charge is -2.21. The maximum atomic E-state index is 11.3. The summed E-state index contributed by atoms with van der Waals surface area (Å²) in [6.45, 7) is 1.84. The minimum absolute atomic E-state index is 0.257. The van der Waals surface area contributed by atoms with Crippen molar-refractivity contribution in [2.75, 3.05) is 7.11 Å². The number of hydrogen-bond donors (Lipinski definition) is 1. The molecule has 0 saturated heterocycles. The van der Waals surface area contributed by atoms with Gasteiger partial charge >= 0.3 is 5.97 Å². The Morgan fingerprint density at radius 1 is 1.65 bits per heavy atom. The van der Waals surface area contributed by atoms with Crippen molar-refractivity contribution in [1.29, 1.82) is 5.26 Å². The molecule has 1 heterocycles. The van der Waals surface area contributed by atoms with E-state index in [1.54, 1.807) is 12.1 Å². The first-order valence-corrected chi connectivity index (χ1v) is 5.26. The number of aliphatic carboxylic acids is 1. The number of carbonyl (C=O) groups is 1. The molecule has 0 aromatic carbocycles. The van der Waals surface area contributed by atoms with Crippen LogP contribution < -0.4 is 4.74 Å². The summed E-state index contributed by atoms with van der Waals surface area (Å²) in [4.78, 5) is 15.3. The summed E-state index contributed by atoms with van der Waals surface area (Å²) in [6.07, 6.45) is 2.24. The molecule has 1 aromatic heterocycles. The van der Waals surface area contributed by atoms with Gasteiger partial charge in [0.05, 0.1) is 13.2 Å². The van der Waals surface area contributed by atoms with E-state index in [2.05, 4.69) is 4.98 Å². The monoisotopic (exact) mass is 234 g/mol. The van der Waals surface area contributed by atoms with E-state index in [4.69, 9.17) is 10.00 Å². The Hall–Kier alpha value is -2.09. The number of rotatable bonds is 5. The Balaban J connectivity index is 3.22. The first-order chi connectivity index (χ1) is 8.10. The second-order valence-electron chi connectivity index (χ2n) is 3.66. The number of pyridine rings is 1. The SMILES string of the molecule is CCCC(C#N)(C(=O)O)c1ccc(OC)nc1. The van der Waals surface area contributed by atoms with E-state index in [9.17, 15) is 9.90 Å². The summed E-state index contributed by atoms with van der Waals surface area (Å²) in [6, 6.07) is 5.01. The summed E-state index contributed by atoms with van der Waals surface area (Å²) in [7, 11) is 1.47. The van der Waals surface area contributed by atoms with Gasteiger partial charge in [-0.2, -0.15) is 5.26 Å². The van der Waals surface area contributed by atoms with Crippen LogP contribution in [0.4, 0.5) is 0 Å². The molecule has 1 aromatic rings. The molecule has 1 atom stereocenters. The van der Waals surface area contributed by atoms with Gasteiger partial charge in [-0.1, -0.05) is 13.3 Å². The fourth-order valence-electron chi connectivity index (χ4n) is 1.67. The normalized spacial score (nSPS) is 13.5. The molecule has 0 amide bonds. The molecule has 5 nitrogen and oxygen atoms in total. The lowest BCUT2D eigenvalue weighted by Crippen LogP contribution is -2.34. The lowest BCUT2D eigenvalue weighted by molar-refractivity contribution is -0.141. The van der Waals surface area contributed by atoms with Crippen LogP contribution in [0.1, 0.15) is 25.3 Å². The summed E-state index contributed by atoms with van der Waals surface area (Å²) < 4.78 is 4.89. The molecule has 90 valence electrons. The molecular formula is C12H14N2O3. The Kier molecular flexibility index (Phi) is 4.05. The molecule has 1 unspecified atom stereocenters. The van der Waals surface area contributed by atoms with Crippen LogP contribution in [0.2, 0.25) is 0 Å². The molecule has 0 bridgehead atoms. The maximum Gasteiger partial charge on any atom is 0.328 e. The van der Waals surface area contributed by atoms with Crippen molar-refractivity contribution in [3.63, 3.8) is 0 Å². The van der Waals surface area contributed by atoms with Crippen molar-refractivity contribution < 1.29 is 14.6 Å². The molecule has 0 fully saturated rings. The van der Waals surface area contributed by atoms with Crippen LogP contribution >= 0.6 is 0 Å². The van der Waals surface area contributed by atoms with E-state index in [1.165, 1.54) is 13.3 Å². The van der Waals surface area contributed by atoms with Gasteiger partial charge in [0.15, 0.2) is 5.41 Å². The van der Waals surface area contributed by atoms with Gasteiger partial charge in [0.2, 0.25) is 5.88 Å². The van der Waals surface area contributed by atoms with Crippen LogP contribution in [0.3, 0.4) is 0 Å². The molecule has 1 N–H and O–H groups in total. The lowest BCUT2D eigenvalue weighted by atomic mass is 9.79. The molecule has 0 aliphatic rings. The highest BCUT2D eigenvalue weighted by atomic mass is 16.5. The second-order valence-corrected chi connectivity index (χ2v) is 3.66. The van der Waals surface area contributed by atoms with Crippen LogP contribution in [0.25, 0.3) is 0 Å². The number of aromatic nitrogens is 1. The van der Waals surface area contributed by atoms with Gasteiger partial charge in [-0.3, -0.25) is 4.79 Å². The Bertz CT molecular complexity index is 436. The number of nitrogens with zero attached hydrogens (tertiary/aromatic N) is 2. The Labute approximate surface area is 99.7 Å². The molecule has 0 spiro atoms. The Morgan fingerprint density at radius 3 is 2.71 bits per heavy atom. The molecule has 0 aliphatic heterocycles. The third-order valence-corrected chi connectivity index (χ3v) is 2.62. The predicted molar refractivity (Wildman–Crippen MR) is 60.6 cm³/mol. The fourth-order valence-corrected chi connectivity index (χ4v) is 1.67.